The van der Waals surface area contributed by atoms with E-state index in [1.807, 2.05) is 0 Å². The van der Waals surface area contributed by atoms with E-state index in [9.17, 15) is 0 Å². The summed E-state index contributed by atoms with van der Waals surface area (Å²) in [5.41, 5.74) is 0. The molecule has 1 aliphatic heterocycles. The summed E-state index contributed by atoms with van der Waals surface area (Å²) in [6.07, 6.45) is 5.26. The van der Waals surface area contributed by atoms with Gasteiger partial charge in [0.15, 0.2) is 5.96 Å². The topological polar surface area (TPSA) is 36.4 Å². The van der Waals surface area contributed by atoms with E-state index in [4.69, 9.17) is 4.99 Å². The summed E-state index contributed by atoms with van der Waals surface area (Å²) in [7, 11) is 0. The molecule has 2 rings (SSSR count). The van der Waals surface area contributed by atoms with E-state index < -0.39 is 0 Å². The highest BCUT2D eigenvalue weighted by Gasteiger charge is 2.29. The van der Waals surface area contributed by atoms with Gasteiger partial charge in [-0.1, -0.05) is 0 Å². The zero-order valence-electron chi connectivity index (χ0n) is 10.8. The van der Waals surface area contributed by atoms with Crippen molar-refractivity contribution in [1.82, 2.24) is 10.6 Å². The van der Waals surface area contributed by atoms with Crippen LogP contribution in [0.5, 0.6) is 0 Å². The fraction of sp³-hybridized carbons (Fsp3) is 0.917. The van der Waals surface area contributed by atoms with Crippen LogP contribution in [0.15, 0.2) is 4.99 Å². The number of thioether (sulfide) groups is 1. The zero-order chi connectivity index (χ0) is 11.4. The Hall–Kier alpha value is 0.350. The molecule has 2 N–H and O–H groups in total. The van der Waals surface area contributed by atoms with Crippen molar-refractivity contribution >= 4 is 41.7 Å². The third-order valence-electron chi connectivity index (χ3n) is 3.13. The second-order valence-electron chi connectivity index (χ2n) is 5.02. The lowest BCUT2D eigenvalue weighted by atomic mass is 10.1. The van der Waals surface area contributed by atoms with Crippen LogP contribution in [-0.4, -0.2) is 35.6 Å². The Morgan fingerprint density at radius 3 is 2.76 bits per heavy atom. The molecule has 100 valence electrons. The minimum Gasteiger partial charge on any atom is -0.357 e. The molecule has 2 fully saturated rings. The van der Waals surface area contributed by atoms with E-state index in [1.165, 1.54) is 31.4 Å². The second-order valence-corrected chi connectivity index (χ2v) is 6.70. The molecule has 5 heteroatoms. The number of nitrogens with one attached hydrogen (secondary N) is 2. The maximum atomic E-state index is 4.72. The molecule has 1 heterocycles. The van der Waals surface area contributed by atoms with Crippen LogP contribution in [0.1, 0.15) is 39.5 Å². The summed E-state index contributed by atoms with van der Waals surface area (Å²) in [6, 6.07) is 0.682. The van der Waals surface area contributed by atoms with E-state index in [2.05, 4.69) is 36.2 Å². The predicted molar refractivity (Wildman–Crippen MR) is 87.6 cm³/mol. The molecular weight excluding hydrogens is 345 g/mol. The lowest BCUT2D eigenvalue weighted by Crippen LogP contribution is -2.39. The highest BCUT2D eigenvalue weighted by molar-refractivity contribution is 14.0. The molecule has 1 aliphatic carbocycles. The molecular formula is C12H24IN3S. The maximum absolute atomic E-state index is 4.72. The number of hydrogen-bond donors (Lipinski definition) is 2. The first-order valence-corrected chi connectivity index (χ1v) is 7.39. The van der Waals surface area contributed by atoms with Gasteiger partial charge in [0.1, 0.15) is 0 Å². The van der Waals surface area contributed by atoms with Crippen molar-refractivity contribution in [2.75, 3.05) is 18.8 Å². The number of nitrogens with zero attached hydrogens (tertiary/aromatic N) is 1. The highest BCUT2D eigenvalue weighted by Crippen LogP contribution is 2.37. The Morgan fingerprint density at radius 2 is 2.24 bits per heavy atom. The normalized spacial score (nSPS) is 28.7. The summed E-state index contributed by atoms with van der Waals surface area (Å²) in [5.74, 6) is 2.32. The fourth-order valence-corrected chi connectivity index (χ4v) is 3.17. The van der Waals surface area contributed by atoms with Crippen molar-refractivity contribution in [2.24, 2.45) is 4.99 Å². The SMILES string of the molecule is CCNC(=NCC1(C)CCCS1)NC1CC1.I. The van der Waals surface area contributed by atoms with Crippen molar-refractivity contribution in [2.45, 2.75) is 50.3 Å². The van der Waals surface area contributed by atoms with Crippen LogP contribution < -0.4 is 10.6 Å². The first-order chi connectivity index (χ1) is 7.72. The van der Waals surface area contributed by atoms with Gasteiger partial charge in [-0.25, -0.2) is 0 Å². The van der Waals surface area contributed by atoms with Crippen molar-refractivity contribution in [3.63, 3.8) is 0 Å². The molecule has 3 nitrogen and oxygen atoms in total. The van der Waals surface area contributed by atoms with Crippen LogP contribution >= 0.6 is 35.7 Å². The minimum atomic E-state index is 0. The van der Waals surface area contributed by atoms with E-state index in [-0.39, 0.29) is 24.0 Å². The van der Waals surface area contributed by atoms with Gasteiger partial charge >= 0.3 is 0 Å². The van der Waals surface area contributed by atoms with Gasteiger partial charge in [0, 0.05) is 17.3 Å². The Kier molecular flexibility index (Phi) is 6.40. The van der Waals surface area contributed by atoms with E-state index in [0.29, 0.717) is 10.8 Å². The zero-order valence-corrected chi connectivity index (χ0v) is 13.9. The Balaban J connectivity index is 0.00000144. The molecule has 1 saturated carbocycles. The van der Waals surface area contributed by atoms with Crippen LogP contribution in [-0.2, 0) is 0 Å². The number of guanidine groups is 1. The fourth-order valence-electron chi connectivity index (χ4n) is 1.95. The van der Waals surface area contributed by atoms with E-state index in [1.54, 1.807) is 0 Å². The van der Waals surface area contributed by atoms with E-state index in [0.717, 1.165) is 19.0 Å². The van der Waals surface area contributed by atoms with Crippen LogP contribution in [0.25, 0.3) is 0 Å². The number of halogens is 1. The van der Waals surface area contributed by atoms with Crippen molar-refractivity contribution in [3.8, 4) is 0 Å². The smallest absolute Gasteiger partial charge is 0.191 e. The predicted octanol–water partition coefficient (Wildman–Crippen LogP) is 2.61. The van der Waals surface area contributed by atoms with E-state index >= 15 is 0 Å². The maximum Gasteiger partial charge on any atom is 0.191 e. The standard InChI is InChI=1S/C12H23N3S.HI/c1-3-13-11(15-10-5-6-10)14-9-12(2)7-4-8-16-12;/h10H,3-9H2,1-2H3,(H2,13,14,15);1H. The largest absolute Gasteiger partial charge is 0.357 e. The summed E-state index contributed by atoms with van der Waals surface area (Å²) in [5, 5.41) is 6.79. The quantitative estimate of drug-likeness (QED) is 0.454. The molecule has 0 aromatic carbocycles. The third-order valence-corrected chi connectivity index (χ3v) is 4.66. The highest BCUT2D eigenvalue weighted by atomic mass is 127. The van der Waals surface area contributed by atoms with Gasteiger partial charge < -0.3 is 10.6 Å². The van der Waals surface area contributed by atoms with Crippen molar-refractivity contribution < 1.29 is 0 Å². The van der Waals surface area contributed by atoms with Gasteiger partial charge in [0.2, 0.25) is 0 Å². The van der Waals surface area contributed by atoms with Gasteiger partial charge in [0.25, 0.3) is 0 Å². The van der Waals surface area contributed by atoms with Crippen LogP contribution in [0.3, 0.4) is 0 Å². The van der Waals surface area contributed by atoms with Crippen LogP contribution in [0.2, 0.25) is 0 Å². The van der Waals surface area contributed by atoms with Gasteiger partial charge in [-0.05, 0) is 45.3 Å². The number of hydrogen-bond acceptors (Lipinski definition) is 2. The lowest BCUT2D eigenvalue weighted by molar-refractivity contribution is 0.614. The van der Waals surface area contributed by atoms with Gasteiger partial charge in [-0.15, -0.1) is 24.0 Å². The monoisotopic (exact) mass is 369 g/mol. The average Bonchev–Trinajstić information content (AvgIpc) is 2.97. The molecule has 0 amide bonds. The molecule has 0 radical (unpaired) electrons. The molecule has 1 unspecified atom stereocenters. The number of aliphatic imine (C=N–C) groups is 1. The van der Waals surface area contributed by atoms with Crippen LogP contribution in [0, 0.1) is 0 Å². The van der Waals surface area contributed by atoms with Gasteiger partial charge in [-0.3, -0.25) is 4.99 Å². The molecule has 0 aromatic rings. The van der Waals surface area contributed by atoms with Gasteiger partial charge in [-0.2, -0.15) is 11.8 Å². The first kappa shape index (κ1) is 15.4. The second kappa shape index (κ2) is 7.07. The summed E-state index contributed by atoms with van der Waals surface area (Å²) < 4.78 is 0.381. The Morgan fingerprint density at radius 1 is 1.47 bits per heavy atom. The minimum absolute atomic E-state index is 0. The third kappa shape index (κ3) is 5.24. The molecule has 2 aliphatic rings. The summed E-state index contributed by atoms with van der Waals surface area (Å²) >= 11 is 2.08. The summed E-state index contributed by atoms with van der Waals surface area (Å²) in [6.45, 7) is 6.35. The molecule has 0 aromatic heterocycles. The molecule has 1 saturated heterocycles. The van der Waals surface area contributed by atoms with Crippen LogP contribution in [0.4, 0.5) is 0 Å². The first-order valence-electron chi connectivity index (χ1n) is 6.41. The summed E-state index contributed by atoms with van der Waals surface area (Å²) in [4.78, 5) is 4.72. The number of rotatable bonds is 4. The Labute approximate surface area is 126 Å². The molecule has 0 spiro atoms. The van der Waals surface area contributed by atoms with Crippen molar-refractivity contribution in [3.05, 3.63) is 0 Å². The Bertz CT molecular complexity index is 260. The lowest BCUT2D eigenvalue weighted by Gasteiger charge is -2.20. The molecule has 0 bridgehead atoms. The average molecular weight is 369 g/mol. The molecule has 17 heavy (non-hydrogen) atoms. The van der Waals surface area contributed by atoms with Gasteiger partial charge in [0.05, 0.1) is 6.54 Å². The van der Waals surface area contributed by atoms with Crippen molar-refractivity contribution in [1.29, 1.82) is 0 Å². The molecule has 1 atom stereocenters.